The van der Waals surface area contributed by atoms with Gasteiger partial charge in [-0.1, -0.05) is 25.2 Å². The molecule has 7 heteroatoms. The Balaban J connectivity index is 1.63. The lowest BCUT2D eigenvalue weighted by Crippen LogP contribution is -2.13. The molecule has 1 aliphatic rings. The fraction of sp³-hybridized carbons (Fsp3) is 0.222. The third-order valence-corrected chi connectivity index (χ3v) is 4.93. The number of hydrogen-bond donors (Lipinski definition) is 1. The Hall–Kier alpha value is -2.80. The van der Waals surface area contributed by atoms with Crippen molar-refractivity contribution in [3.05, 3.63) is 53.3 Å². The number of thiazole rings is 1. The molecule has 1 amide bonds. The summed E-state index contributed by atoms with van der Waals surface area (Å²) in [5.74, 6) is 1.31. The molecular formula is C18H17N3O3S. The fourth-order valence-corrected chi connectivity index (χ4v) is 3.69. The molecule has 128 valence electrons. The molecule has 0 fully saturated rings. The van der Waals surface area contributed by atoms with E-state index in [2.05, 4.69) is 10.3 Å². The van der Waals surface area contributed by atoms with E-state index >= 15 is 0 Å². The first-order valence-electron chi connectivity index (χ1n) is 7.97. The second kappa shape index (κ2) is 6.25. The van der Waals surface area contributed by atoms with Crippen LogP contribution in [0.5, 0.6) is 11.5 Å². The summed E-state index contributed by atoms with van der Waals surface area (Å²) in [5, 5.41) is 3.71. The van der Waals surface area contributed by atoms with Gasteiger partial charge in [0, 0.05) is 24.1 Å². The van der Waals surface area contributed by atoms with Crippen molar-refractivity contribution in [2.75, 3.05) is 12.1 Å². The van der Waals surface area contributed by atoms with Crippen molar-refractivity contribution >= 4 is 22.9 Å². The van der Waals surface area contributed by atoms with Crippen LogP contribution in [0.15, 0.2) is 42.7 Å². The Morgan fingerprint density at radius 2 is 2.00 bits per heavy atom. The Labute approximate surface area is 149 Å². The summed E-state index contributed by atoms with van der Waals surface area (Å²) in [6.07, 6.45) is 3.84. The van der Waals surface area contributed by atoms with Crippen LogP contribution in [0.3, 0.4) is 0 Å². The molecule has 0 atom stereocenters. The second-order valence-corrected chi connectivity index (χ2v) is 6.96. The highest BCUT2D eigenvalue weighted by Crippen LogP contribution is 2.35. The molecule has 6 nitrogen and oxygen atoms in total. The van der Waals surface area contributed by atoms with Gasteiger partial charge in [-0.2, -0.15) is 0 Å². The van der Waals surface area contributed by atoms with Crippen molar-refractivity contribution in [3.63, 3.8) is 0 Å². The third-order valence-electron chi connectivity index (χ3n) is 3.85. The number of benzene rings is 1. The predicted octanol–water partition coefficient (Wildman–Crippen LogP) is 4.04. The van der Waals surface area contributed by atoms with Crippen LogP contribution in [-0.4, -0.2) is 22.3 Å². The maximum Gasteiger partial charge on any atom is 0.267 e. The summed E-state index contributed by atoms with van der Waals surface area (Å²) in [6.45, 7) is 4.27. The lowest BCUT2D eigenvalue weighted by atomic mass is 10.1. The molecule has 0 spiro atoms. The minimum absolute atomic E-state index is 0.151. The SMILES string of the molecule is CC(C)c1nc(-n2cccc2)sc1C(=O)Nc1ccc2c(c1)OCO2. The highest BCUT2D eigenvalue weighted by Gasteiger charge is 2.22. The van der Waals surface area contributed by atoms with Crippen LogP contribution in [0, 0.1) is 0 Å². The zero-order valence-electron chi connectivity index (χ0n) is 13.9. The summed E-state index contributed by atoms with van der Waals surface area (Å²) >= 11 is 1.38. The maximum atomic E-state index is 12.8. The predicted molar refractivity (Wildman–Crippen MR) is 96.0 cm³/mol. The van der Waals surface area contributed by atoms with E-state index in [4.69, 9.17) is 9.47 Å². The number of ether oxygens (including phenoxy) is 2. The van der Waals surface area contributed by atoms with Crippen LogP contribution < -0.4 is 14.8 Å². The first-order chi connectivity index (χ1) is 12.1. The average Bonchev–Trinajstić information content (AvgIpc) is 3.33. The number of rotatable bonds is 4. The van der Waals surface area contributed by atoms with E-state index < -0.39 is 0 Å². The molecule has 0 aliphatic carbocycles. The number of carbonyl (C=O) groups excluding carboxylic acids is 1. The highest BCUT2D eigenvalue weighted by molar-refractivity contribution is 7.16. The molecule has 1 aliphatic heterocycles. The standard InChI is InChI=1S/C18H17N3O3S/c1-11(2)15-16(25-18(20-15)21-7-3-4-8-21)17(22)19-12-5-6-13-14(9-12)24-10-23-13/h3-9,11H,10H2,1-2H3,(H,19,22). The molecule has 0 unspecified atom stereocenters. The molecule has 25 heavy (non-hydrogen) atoms. The number of carbonyl (C=O) groups is 1. The number of fused-ring (bicyclic) bond motifs is 1. The molecule has 4 rings (SSSR count). The van der Waals surface area contributed by atoms with Gasteiger partial charge in [-0.05, 0) is 30.2 Å². The molecule has 1 N–H and O–H groups in total. The topological polar surface area (TPSA) is 65.4 Å². The lowest BCUT2D eigenvalue weighted by molar-refractivity contribution is 0.102. The van der Waals surface area contributed by atoms with Crippen molar-refractivity contribution in [3.8, 4) is 16.6 Å². The van der Waals surface area contributed by atoms with Gasteiger partial charge in [0.25, 0.3) is 5.91 Å². The van der Waals surface area contributed by atoms with E-state index in [0.29, 0.717) is 22.1 Å². The number of amides is 1. The number of aromatic nitrogens is 2. The minimum Gasteiger partial charge on any atom is -0.454 e. The van der Waals surface area contributed by atoms with Crippen LogP contribution in [-0.2, 0) is 0 Å². The first kappa shape index (κ1) is 15.7. The van der Waals surface area contributed by atoms with Crippen LogP contribution in [0.25, 0.3) is 5.13 Å². The zero-order valence-corrected chi connectivity index (χ0v) is 14.7. The third kappa shape index (κ3) is 2.98. The van der Waals surface area contributed by atoms with Crippen LogP contribution in [0.2, 0.25) is 0 Å². The largest absolute Gasteiger partial charge is 0.454 e. The van der Waals surface area contributed by atoms with Crippen LogP contribution in [0.1, 0.15) is 35.1 Å². The normalized spacial score (nSPS) is 12.6. The van der Waals surface area contributed by atoms with Crippen molar-refractivity contribution < 1.29 is 14.3 Å². The van der Waals surface area contributed by atoms with E-state index in [1.807, 2.05) is 42.9 Å². The molecule has 3 aromatic rings. The quantitative estimate of drug-likeness (QED) is 0.767. The van der Waals surface area contributed by atoms with Crippen molar-refractivity contribution in [1.82, 2.24) is 9.55 Å². The van der Waals surface area contributed by atoms with Crippen LogP contribution in [0.4, 0.5) is 5.69 Å². The summed E-state index contributed by atoms with van der Waals surface area (Å²) < 4.78 is 12.6. The van der Waals surface area contributed by atoms with Gasteiger partial charge in [0.05, 0.1) is 5.69 Å². The molecular weight excluding hydrogens is 338 g/mol. The average molecular weight is 355 g/mol. The van der Waals surface area contributed by atoms with E-state index in [0.717, 1.165) is 10.8 Å². The van der Waals surface area contributed by atoms with Gasteiger partial charge >= 0.3 is 0 Å². The van der Waals surface area contributed by atoms with Gasteiger partial charge in [-0.25, -0.2) is 4.98 Å². The van der Waals surface area contributed by atoms with Gasteiger partial charge < -0.3 is 19.4 Å². The summed E-state index contributed by atoms with van der Waals surface area (Å²) in [4.78, 5) is 18.1. The summed E-state index contributed by atoms with van der Waals surface area (Å²) in [7, 11) is 0. The Morgan fingerprint density at radius 1 is 1.24 bits per heavy atom. The van der Waals surface area contributed by atoms with Crippen molar-refractivity contribution in [2.45, 2.75) is 19.8 Å². The van der Waals surface area contributed by atoms with Crippen molar-refractivity contribution in [2.24, 2.45) is 0 Å². The van der Waals surface area contributed by atoms with E-state index in [9.17, 15) is 4.79 Å². The number of nitrogens with zero attached hydrogens (tertiary/aromatic N) is 2. The number of nitrogens with one attached hydrogen (secondary N) is 1. The van der Waals surface area contributed by atoms with Gasteiger partial charge in [-0.15, -0.1) is 0 Å². The smallest absolute Gasteiger partial charge is 0.267 e. The van der Waals surface area contributed by atoms with Gasteiger partial charge in [0.1, 0.15) is 4.88 Å². The van der Waals surface area contributed by atoms with Gasteiger partial charge in [0.15, 0.2) is 16.6 Å². The Kier molecular flexibility index (Phi) is 3.93. The first-order valence-corrected chi connectivity index (χ1v) is 8.78. The molecule has 2 aromatic heterocycles. The molecule has 3 heterocycles. The van der Waals surface area contributed by atoms with Gasteiger partial charge in [0.2, 0.25) is 6.79 Å². The van der Waals surface area contributed by atoms with E-state index in [1.165, 1.54) is 11.3 Å². The molecule has 0 saturated carbocycles. The lowest BCUT2D eigenvalue weighted by Gasteiger charge is -2.07. The summed E-state index contributed by atoms with van der Waals surface area (Å²) in [6, 6.07) is 9.22. The van der Waals surface area contributed by atoms with Crippen LogP contribution >= 0.6 is 11.3 Å². The fourth-order valence-electron chi connectivity index (χ4n) is 2.61. The molecule has 1 aromatic carbocycles. The van der Waals surface area contributed by atoms with E-state index in [1.54, 1.807) is 18.2 Å². The van der Waals surface area contributed by atoms with E-state index in [-0.39, 0.29) is 18.6 Å². The molecule has 0 bridgehead atoms. The monoisotopic (exact) mass is 355 g/mol. The minimum atomic E-state index is -0.168. The number of anilines is 1. The highest BCUT2D eigenvalue weighted by atomic mass is 32.1. The van der Waals surface area contributed by atoms with Gasteiger partial charge in [-0.3, -0.25) is 4.79 Å². The summed E-state index contributed by atoms with van der Waals surface area (Å²) in [5.41, 5.74) is 1.46. The second-order valence-electron chi connectivity index (χ2n) is 5.98. The zero-order chi connectivity index (χ0) is 17.4. The molecule has 0 saturated heterocycles. The maximum absolute atomic E-state index is 12.8. The Bertz CT molecular complexity index is 916. The van der Waals surface area contributed by atoms with Crippen molar-refractivity contribution in [1.29, 1.82) is 0 Å². The Morgan fingerprint density at radius 3 is 2.76 bits per heavy atom. The number of hydrogen-bond acceptors (Lipinski definition) is 5. The molecule has 0 radical (unpaired) electrons.